The van der Waals surface area contributed by atoms with E-state index in [0.29, 0.717) is 10.5 Å². The predicted molar refractivity (Wildman–Crippen MR) is 171 cm³/mol. The van der Waals surface area contributed by atoms with Crippen molar-refractivity contribution in [3.63, 3.8) is 0 Å². The molecule has 0 radical (unpaired) electrons. The highest BCUT2D eigenvalue weighted by Gasteiger charge is 2.40. The first kappa shape index (κ1) is 29.1. The molecule has 8 heteroatoms. The van der Waals surface area contributed by atoms with Crippen molar-refractivity contribution in [3.8, 4) is 0 Å². The summed E-state index contributed by atoms with van der Waals surface area (Å²) < 4.78 is 27.1. The zero-order chi connectivity index (χ0) is 29.1. The zero-order valence-electron chi connectivity index (χ0n) is 23.0. The van der Waals surface area contributed by atoms with Crippen molar-refractivity contribution in [3.05, 3.63) is 142 Å². The fourth-order valence-corrected chi connectivity index (χ4v) is 7.10. The van der Waals surface area contributed by atoms with Crippen LogP contribution in [0.2, 0.25) is 0 Å². The largest absolute Gasteiger partial charge is 0.646 e. The average Bonchev–Trinajstić information content (AvgIpc) is 3.12. The zero-order valence-corrected chi connectivity index (χ0v) is 25.6. The monoisotopic (exact) mass is 599 g/mol. The third-order valence-corrected chi connectivity index (χ3v) is 10.3. The normalized spacial score (nSPS) is 15.0. The van der Waals surface area contributed by atoms with Crippen LogP contribution in [0.3, 0.4) is 0 Å². The van der Waals surface area contributed by atoms with E-state index in [2.05, 4.69) is 6.58 Å². The van der Waals surface area contributed by atoms with E-state index in [4.69, 9.17) is 21.7 Å². The van der Waals surface area contributed by atoms with Crippen LogP contribution in [0.1, 0.15) is 38.9 Å². The Morgan fingerprint density at radius 3 is 2.39 bits per heavy atom. The number of hydrogen-bond acceptors (Lipinski definition) is 6. The summed E-state index contributed by atoms with van der Waals surface area (Å²) >= 11 is 6.32. The molecule has 41 heavy (non-hydrogen) atoms. The van der Waals surface area contributed by atoms with Crippen LogP contribution in [0, 0.1) is 26.0 Å². The van der Waals surface area contributed by atoms with Gasteiger partial charge in [-0.05, 0) is 73.4 Å². The first-order chi connectivity index (χ1) is 19.7. The summed E-state index contributed by atoms with van der Waals surface area (Å²) in [4.78, 5) is 1.77. The summed E-state index contributed by atoms with van der Waals surface area (Å²) in [7, 11) is -4.53. The first-order valence-electron chi connectivity index (χ1n) is 13.0. The Morgan fingerprint density at radius 1 is 0.927 bits per heavy atom. The molecule has 0 saturated carbocycles. The number of fused-ring (bicyclic) bond motifs is 2. The number of nitrogens with one attached hydrogen (secondary N) is 1. The summed E-state index contributed by atoms with van der Waals surface area (Å²) in [6.45, 7) is 9.51. The summed E-state index contributed by atoms with van der Waals surface area (Å²) in [5.74, 6) is 0.491. The molecular weight excluding hydrogens is 569 g/mol. The molecule has 0 spiro atoms. The van der Waals surface area contributed by atoms with E-state index in [1.807, 2.05) is 106 Å². The van der Waals surface area contributed by atoms with Gasteiger partial charge < -0.3 is 14.3 Å². The van der Waals surface area contributed by atoms with Crippen LogP contribution in [0.15, 0.2) is 112 Å². The first-order valence-corrected chi connectivity index (χ1v) is 15.8. The van der Waals surface area contributed by atoms with Gasteiger partial charge in [-0.25, -0.2) is 4.83 Å². The molecule has 4 aromatic rings. The molecule has 1 aliphatic heterocycles. The van der Waals surface area contributed by atoms with Crippen molar-refractivity contribution in [2.24, 2.45) is 0 Å². The second kappa shape index (κ2) is 12.2. The van der Waals surface area contributed by atoms with Gasteiger partial charge >= 0.3 is 7.75 Å². The number of hydrogen-bond donors (Lipinski definition) is 2. The van der Waals surface area contributed by atoms with Crippen molar-refractivity contribution in [2.75, 3.05) is 0 Å². The van der Waals surface area contributed by atoms with Gasteiger partial charge in [0.15, 0.2) is 0 Å². The third-order valence-electron chi connectivity index (χ3n) is 6.75. The SMILES string of the molecule is C=C[NH+]([O-])P(=O)(OC1=Cc2ccccc2Sc2c(C)cccc21)O/C(=C/c1ccccc1C)c1cccc(C)c1S. The second-order valence-corrected chi connectivity index (χ2v) is 13.0. The minimum atomic E-state index is -4.53. The van der Waals surface area contributed by atoms with Gasteiger partial charge in [-0.1, -0.05) is 90.6 Å². The number of quaternary nitrogens is 1. The maximum Gasteiger partial charge on any atom is 0.646 e. The van der Waals surface area contributed by atoms with Crippen molar-refractivity contribution in [1.82, 2.24) is 0 Å². The Labute approximate surface area is 250 Å². The molecule has 0 amide bonds. The van der Waals surface area contributed by atoms with Gasteiger partial charge in [0.2, 0.25) is 0 Å². The lowest BCUT2D eigenvalue weighted by Gasteiger charge is -2.28. The number of thiol groups is 1. The van der Waals surface area contributed by atoms with Crippen molar-refractivity contribution >= 4 is 55.8 Å². The van der Waals surface area contributed by atoms with Gasteiger partial charge in [0.05, 0.1) is 6.20 Å². The molecule has 1 heterocycles. The van der Waals surface area contributed by atoms with Crippen LogP contribution < -0.4 is 4.83 Å². The fraction of sp³-hybridized carbons (Fsp3) is 0.0909. The molecule has 4 aromatic carbocycles. The van der Waals surface area contributed by atoms with E-state index < -0.39 is 12.6 Å². The lowest BCUT2D eigenvalue weighted by atomic mass is 10.0. The molecule has 0 aromatic heterocycles. The van der Waals surface area contributed by atoms with Crippen LogP contribution in [0.4, 0.5) is 0 Å². The molecule has 0 aliphatic carbocycles. The molecule has 208 valence electrons. The van der Waals surface area contributed by atoms with Crippen LogP contribution >= 0.6 is 32.1 Å². The van der Waals surface area contributed by atoms with Crippen LogP contribution in [-0.2, 0) is 13.6 Å². The molecule has 0 bridgehead atoms. The molecule has 2 atom stereocenters. The summed E-state index contributed by atoms with van der Waals surface area (Å²) in [5, 5.41) is 13.3. The van der Waals surface area contributed by atoms with Crippen LogP contribution in [0.5, 0.6) is 0 Å². The Hall–Kier alpha value is -3.45. The number of rotatable bonds is 8. The molecule has 1 aliphatic rings. The van der Waals surface area contributed by atoms with Gasteiger partial charge in [0, 0.05) is 25.8 Å². The lowest BCUT2D eigenvalue weighted by molar-refractivity contribution is -0.663. The lowest BCUT2D eigenvalue weighted by Crippen LogP contribution is -2.97. The smallest absolute Gasteiger partial charge is 0.621 e. The van der Waals surface area contributed by atoms with Crippen molar-refractivity contribution in [1.29, 1.82) is 0 Å². The Morgan fingerprint density at radius 2 is 1.61 bits per heavy atom. The minimum Gasteiger partial charge on any atom is -0.621 e. The molecule has 0 fully saturated rings. The highest BCUT2D eigenvalue weighted by Crippen LogP contribution is 2.52. The average molecular weight is 600 g/mol. The maximum absolute atomic E-state index is 14.6. The molecule has 0 saturated heterocycles. The van der Waals surface area contributed by atoms with Gasteiger partial charge in [-0.3, -0.25) is 0 Å². The van der Waals surface area contributed by atoms with Crippen molar-refractivity contribution < 1.29 is 18.4 Å². The molecule has 1 N–H and O–H groups in total. The third kappa shape index (κ3) is 6.10. The summed E-state index contributed by atoms with van der Waals surface area (Å²) in [5.41, 5.74) is 5.95. The van der Waals surface area contributed by atoms with Crippen molar-refractivity contribution in [2.45, 2.75) is 35.5 Å². The van der Waals surface area contributed by atoms with Crippen LogP contribution in [-0.4, -0.2) is 0 Å². The standard InChI is InChI=1S/C33H30NO4PS2/c1-5-34(35)39(36,37-29(20-25-15-7-6-12-22(25)2)27-17-10-13-23(3)32(27)40)38-30-21-26-16-8-9-19-31(26)41-33-24(4)14-11-18-28(30)33/h5-21,34,40H,1H2,2-4H3/b29-20+. The second-order valence-electron chi connectivity index (χ2n) is 9.66. The minimum absolute atomic E-state index is 0.208. The van der Waals surface area contributed by atoms with E-state index in [1.54, 1.807) is 23.9 Å². The Bertz CT molecular complexity index is 1750. The highest BCUT2D eigenvalue weighted by molar-refractivity contribution is 7.99. The number of aryl methyl sites for hydroxylation is 3. The van der Waals surface area contributed by atoms with Gasteiger partial charge in [0.1, 0.15) is 11.5 Å². The maximum atomic E-state index is 14.6. The predicted octanol–water partition coefficient (Wildman–Crippen LogP) is 8.73. The van der Waals surface area contributed by atoms with Gasteiger partial charge in [-0.2, -0.15) is 4.57 Å². The topological polar surface area (TPSA) is 63.0 Å². The van der Waals surface area contributed by atoms with E-state index in [-0.39, 0.29) is 11.5 Å². The van der Waals surface area contributed by atoms with E-state index in [9.17, 15) is 9.77 Å². The van der Waals surface area contributed by atoms with Gasteiger partial charge in [0.25, 0.3) is 0 Å². The quantitative estimate of drug-likeness (QED) is 0.0697. The summed E-state index contributed by atoms with van der Waals surface area (Å²) in [6, 6.07) is 27.0. The molecule has 5 nitrogen and oxygen atoms in total. The van der Waals surface area contributed by atoms with E-state index in [0.717, 1.165) is 49.4 Å². The Kier molecular flexibility index (Phi) is 8.64. The molecular formula is C33H30NO4PS2. The van der Waals surface area contributed by atoms with E-state index in [1.165, 1.54) is 0 Å². The molecule has 5 rings (SSSR count). The summed E-state index contributed by atoms with van der Waals surface area (Å²) in [6.07, 6.45) is 4.56. The fourth-order valence-electron chi connectivity index (χ4n) is 4.46. The number of hydroxylamine groups is 1. The Balaban J connectivity index is 1.67. The van der Waals surface area contributed by atoms with Gasteiger partial charge in [-0.15, -0.1) is 12.6 Å². The van der Waals surface area contributed by atoms with Crippen LogP contribution in [0.25, 0.3) is 23.7 Å². The number of benzene rings is 4. The molecule has 2 unspecified atom stereocenters. The van der Waals surface area contributed by atoms with E-state index >= 15 is 0 Å². The highest BCUT2D eigenvalue weighted by atomic mass is 32.2.